The second kappa shape index (κ2) is 5.50. The average Bonchev–Trinajstić information content (AvgIpc) is 2.55. The normalized spacial score (nSPS) is 15.0. The Morgan fingerprint density at radius 2 is 1.73 bits per heavy atom. The van der Waals surface area contributed by atoms with Crippen LogP contribution in [-0.4, -0.2) is 21.4 Å². The fourth-order valence-electron chi connectivity index (χ4n) is 3.25. The fraction of sp³-hybridized carbons (Fsp3) is 0.263. The lowest BCUT2D eigenvalue weighted by Gasteiger charge is -2.28. The lowest BCUT2D eigenvalue weighted by atomic mass is 10.00. The lowest BCUT2D eigenvalue weighted by molar-refractivity contribution is 0.239. The van der Waals surface area contributed by atoms with Crippen molar-refractivity contribution < 1.29 is 0 Å². The first-order chi connectivity index (χ1) is 10.8. The Labute approximate surface area is 130 Å². The van der Waals surface area contributed by atoms with Crippen molar-refractivity contribution in [2.75, 3.05) is 6.54 Å². The topological polar surface area (TPSA) is 29.0 Å². The average molecular weight is 289 g/mol. The molecule has 2 heterocycles. The first kappa shape index (κ1) is 13.4. The number of hydrogen-bond donors (Lipinski definition) is 0. The lowest BCUT2D eigenvalue weighted by Crippen LogP contribution is -2.30. The van der Waals surface area contributed by atoms with Crippen molar-refractivity contribution in [3.63, 3.8) is 0 Å². The first-order valence-corrected chi connectivity index (χ1v) is 7.81. The molecule has 0 atom stereocenters. The molecule has 22 heavy (non-hydrogen) atoms. The number of benzene rings is 2. The number of aromatic nitrogens is 2. The van der Waals surface area contributed by atoms with Crippen LogP contribution in [0.2, 0.25) is 0 Å². The molecular formula is C19H19N3. The summed E-state index contributed by atoms with van der Waals surface area (Å²) in [7, 11) is 0. The summed E-state index contributed by atoms with van der Waals surface area (Å²) in [6, 6.07) is 17.0. The van der Waals surface area contributed by atoms with Crippen LogP contribution in [0.1, 0.15) is 22.6 Å². The highest BCUT2D eigenvalue weighted by atomic mass is 15.1. The van der Waals surface area contributed by atoms with Crippen LogP contribution in [0.25, 0.3) is 10.9 Å². The van der Waals surface area contributed by atoms with Crippen LogP contribution >= 0.6 is 0 Å². The second-order valence-electron chi connectivity index (χ2n) is 5.97. The minimum Gasteiger partial charge on any atom is -0.291 e. The van der Waals surface area contributed by atoms with Gasteiger partial charge in [-0.05, 0) is 30.5 Å². The van der Waals surface area contributed by atoms with Gasteiger partial charge in [0.05, 0.1) is 12.1 Å². The molecule has 3 heteroatoms. The van der Waals surface area contributed by atoms with Gasteiger partial charge in [0.15, 0.2) is 0 Å². The predicted octanol–water partition coefficient (Wildman–Crippen LogP) is 3.50. The van der Waals surface area contributed by atoms with Crippen LogP contribution in [-0.2, 0) is 19.5 Å². The summed E-state index contributed by atoms with van der Waals surface area (Å²) in [5.74, 6) is 0.926. The summed E-state index contributed by atoms with van der Waals surface area (Å²) in [6.45, 7) is 4.96. The van der Waals surface area contributed by atoms with Gasteiger partial charge in [-0.3, -0.25) is 4.90 Å². The molecule has 0 saturated carbocycles. The van der Waals surface area contributed by atoms with Crippen molar-refractivity contribution in [3.05, 3.63) is 71.2 Å². The maximum atomic E-state index is 4.73. The standard InChI is InChI=1S/C19H19N3/c1-14-17-8-4-5-9-18(17)21-19(20-14)13-22-11-10-15-6-2-3-7-16(15)12-22/h2-9H,10-13H2,1H3. The SMILES string of the molecule is Cc1nc(CN2CCc3ccccc3C2)nc2ccccc12. The van der Waals surface area contributed by atoms with Crippen LogP contribution in [0.4, 0.5) is 0 Å². The number of hydrogen-bond acceptors (Lipinski definition) is 3. The molecular weight excluding hydrogens is 270 g/mol. The van der Waals surface area contributed by atoms with E-state index in [0.717, 1.165) is 48.5 Å². The Balaban J connectivity index is 1.59. The molecule has 0 spiro atoms. The summed E-state index contributed by atoms with van der Waals surface area (Å²) in [6.07, 6.45) is 1.11. The highest BCUT2D eigenvalue weighted by Crippen LogP contribution is 2.20. The van der Waals surface area contributed by atoms with Gasteiger partial charge in [0.1, 0.15) is 5.82 Å². The zero-order valence-electron chi connectivity index (χ0n) is 12.8. The molecule has 0 saturated heterocycles. The molecule has 0 amide bonds. The largest absolute Gasteiger partial charge is 0.291 e. The molecule has 0 fully saturated rings. The van der Waals surface area contributed by atoms with Crippen LogP contribution in [0.15, 0.2) is 48.5 Å². The number of rotatable bonds is 2. The molecule has 0 radical (unpaired) electrons. The number of para-hydroxylation sites is 1. The van der Waals surface area contributed by atoms with E-state index in [-0.39, 0.29) is 0 Å². The van der Waals surface area contributed by atoms with Gasteiger partial charge >= 0.3 is 0 Å². The monoisotopic (exact) mass is 289 g/mol. The third-order valence-electron chi connectivity index (χ3n) is 4.41. The van der Waals surface area contributed by atoms with E-state index in [1.54, 1.807) is 0 Å². The minimum absolute atomic E-state index is 0.819. The molecule has 1 aliphatic rings. The molecule has 0 N–H and O–H groups in total. The van der Waals surface area contributed by atoms with Gasteiger partial charge in [0, 0.05) is 24.2 Å². The Hall–Kier alpha value is -2.26. The Bertz CT molecular complexity index is 826. The van der Waals surface area contributed by atoms with Gasteiger partial charge in [-0.25, -0.2) is 9.97 Å². The zero-order valence-corrected chi connectivity index (χ0v) is 12.8. The Morgan fingerprint density at radius 3 is 2.64 bits per heavy atom. The van der Waals surface area contributed by atoms with Crippen molar-refractivity contribution in [1.82, 2.24) is 14.9 Å². The highest BCUT2D eigenvalue weighted by molar-refractivity contribution is 5.80. The van der Waals surface area contributed by atoms with Gasteiger partial charge in [-0.1, -0.05) is 42.5 Å². The summed E-state index contributed by atoms with van der Waals surface area (Å²) in [4.78, 5) is 11.9. The predicted molar refractivity (Wildman–Crippen MR) is 88.5 cm³/mol. The van der Waals surface area contributed by atoms with Crippen molar-refractivity contribution in [3.8, 4) is 0 Å². The molecule has 0 aliphatic carbocycles. The van der Waals surface area contributed by atoms with E-state index in [0.29, 0.717) is 0 Å². The minimum atomic E-state index is 0.819. The van der Waals surface area contributed by atoms with Gasteiger partial charge < -0.3 is 0 Å². The summed E-state index contributed by atoms with van der Waals surface area (Å²) >= 11 is 0. The maximum absolute atomic E-state index is 4.73. The smallest absolute Gasteiger partial charge is 0.143 e. The van der Waals surface area contributed by atoms with Crippen molar-refractivity contribution in [1.29, 1.82) is 0 Å². The number of nitrogens with zero attached hydrogens (tertiary/aromatic N) is 3. The van der Waals surface area contributed by atoms with Crippen LogP contribution in [0.3, 0.4) is 0 Å². The maximum Gasteiger partial charge on any atom is 0.143 e. The second-order valence-corrected chi connectivity index (χ2v) is 5.97. The summed E-state index contributed by atoms with van der Waals surface area (Å²) < 4.78 is 0. The highest BCUT2D eigenvalue weighted by Gasteiger charge is 2.17. The van der Waals surface area contributed by atoms with Crippen LogP contribution in [0, 0.1) is 6.92 Å². The van der Waals surface area contributed by atoms with E-state index in [2.05, 4.69) is 48.2 Å². The van der Waals surface area contributed by atoms with Crippen molar-refractivity contribution >= 4 is 10.9 Å². The molecule has 4 rings (SSSR count). The molecule has 3 nitrogen and oxygen atoms in total. The molecule has 0 bridgehead atoms. The Morgan fingerprint density at radius 1 is 0.955 bits per heavy atom. The molecule has 0 unspecified atom stereocenters. The van der Waals surface area contributed by atoms with E-state index in [1.807, 2.05) is 12.1 Å². The van der Waals surface area contributed by atoms with Crippen molar-refractivity contribution in [2.45, 2.75) is 26.4 Å². The summed E-state index contributed by atoms with van der Waals surface area (Å²) in [5.41, 5.74) is 5.03. The van der Waals surface area contributed by atoms with Crippen LogP contribution < -0.4 is 0 Å². The quantitative estimate of drug-likeness (QED) is 0.723. The van der Waals surface area contributed by atoms with Gasteiger partial charge in [0.2, 0.25) is 0 Å². The fourth-order valence-corrected chi connectivity index (χ4v) is 3.25. The third-order valence-corrected chi connectivity index (χ3v) is 4.41. The summed E-state index contributed by atoms with van der Waals surface area (Å²) in [5, 5.41) is 1.15. The third kappa shape index (κ3) is 2.48. The number of aryl methyl sites for hydroxylation is 1. The zero-order chi connectivity index (χ0) is 14.9. The first-order valence-electron chi connectivity index (χ1n) is 7.81. The molecule has 1 aromatic heterocycles. The van der Waals surface area contributed by atoms with E-state index < -0.39 is 0 Å². The molecule has 1 aliphatic heterocycles. The van der Waals surface area contributed by atoms with E-state index in [4.69, 9.17) is 9.97 Å². The molecule has 110 valence electrons. The van der Waals surface area contributed by atoms with Gasteiger partial charge in [-0.2, -0.15) is 0 Å². The number of fused-ring (bicyclic) bond motifs is 2. The molecule has 2 aromatic carbocycles. The molecule has 3 aromatic rings. The Kier molecular flexibility index (Phi) is 3.35. The van der Waals surface area contributed by atoms with Crippen LogP contribution in [0.5, 0.6) is 0 Å². The van der Waals surface area contributed by atoms with Gasteiger partial charge in [0.25, 0.3) is 0 Å². The van der Waals surface area contributed by atoms with E-state index in [9.17, 15) is 0 Å². The van der Waals surface area contributed by atoms with Gasteiger partial charge in [-0.15, -0.1) is 0 Å². The van der Waals surface area contributed by atoms with Crippen molar-refractivity contribution in [2.24, 2.45) is 0 Å². The van der Waals surface area contributed by atoms with E-state index >= 15 is 0 Å². The van der Waals surface area contributed by atoms with E-state index in [1.165, 1.54) is 11.1 Å².